The molecule has 2 unspecified atom stereocenters. The number of aliphatic hydroxyl groups excluding tert-OH is 1. The Hall–Kier alpha value is -3.82. The van der Waals surface area contributed by atoms with Crippen LogP contribution in [-0.2, 0) is 12.8 Å². The number of benzene rings is 3. The van der Waals surface area contributed by atoms with E-state index in [9.17, 15) is 23.5 Å². The molecule has 2 amide bonds. The standard InChI is InChI=1S/C36H45F2N3O4/c1-5-12-41(13-6-2)36(44)27-15-23(3)14-26(19-27)35(43)40-33(18-24-16-28(37)21-29(38)17-24)34(42)22-39-32-9-7-8-25-20-30(45-4)10-11-31(25)32/h10-11,14-17,19-21,32-34,39,42H,5-9,12-13,18,22H2,1-4H3,(H,40,43)/t32-,33?,34?/m1/s1. The zero-order chi connectivity index (χ0) is 32.5. The number of nitrogens with one attached hydrogen (secondary N) is 2. The first-order chi connectivity index (χ1) is 21.6. The highest BCUT2D eigenvalue weighted by Crippen LogP contribution is 2.32. The lowest BCUT2D eigenvalue weighted by Crippen LogP contribution is -2.49. The molecule has 0 aromatic heterocycles. The van der Waals surface area contributed by atoms with Gasteiger partial charge in [-0.2, -0.15) is 0 Å². The molecule has 1 aliphatic rings. The van der Waals surface area contributed by atoms with Gasteiger partial charge < -0.3 is 25.4 Å². The van der Waals surface area contributed by atoms with Crippen LogP contribution < -0.4 is 15.4 Å². The van der Waals surface area contributed by atoms with Crippen molar-refractivity contribution in [3.63, 3.8) is 0 Å². The molecule has 0 heterocycles. The monoisotopic (exact) mass is 621 g/mol. The molecule has 1 aliphatic carbocycles. The van der Waals surface area contributed by atoms with Gasteiger partial charge in [-0.15, -0.1) is 0 Å². The fourth-order valence-electron chi connectivity index (χ4n) is 6.13. The highest BCUT2D eigenvalue weighted by atomic mass is 19.1. The first-order valence-electron chi connectivity index (χ1n) is 15.9. The minimum atomic E-state index is -1.08. The van der Waals surface area contributed by atoms with Crippen molar-refractivity contribution in [2.75, 3.05) is 26.7 Å². The van der Waals surface area contributed by atoms with Gasteiger partial charge in [-0.25, -0.2) is 8.78 Å². The topological polar surface area (TPSA) is 90.9 Å². The second kappa shape index (κ2) is 16.0. The van der Waals surface area contributed by atoms with Crippen molar-refractivity contribution >= 4 is 11.8 Å². The molecule has 3 N–H and O–H groups in total. The number of hydrogen-bond donors (Lipinski definition) is 3. The minimum Gasteiger partial charge on any atom is -0.497 e. The highest BCUT2D eigenvalue weighted by Gasteiger charge is 2.27. The molecule has 0 radical (unpaired) electrons. The fraction of sp³-hybridized carbons (Fsp3) is 0.444. The molecule has 3 aromatic carbocycles. The van der Waals surface area contributed by atoms with E-state index in [1.807, 2.05) is 39.0 Å². The zero-order valence-corrected chi connectivity index (χ0v) is 26.7. The Balaban J connectivity index is 1.55. The van der Waals surface area contributed by atoms with Crippen LogP contribution in [0.1, 0.15) is 88.5 Å². The predicted molar refractivity (Wildman–Crippen MR) is 172 cm³/mol. The molecule has 242 valence electrons. The molecule has 0 saturated carbocycles. The van der Waals surface area contributed by atoms with Crippen LogP contribution in [0, 0.1) is 18.6 Å². The quantitative estimate of drug-likeness (QED) is 0.208. The first-order valence-corrected chi connectivity index (χ1v) is 15.9. The summed E-state index contributed by atoms with van der Waals surface area (Å²) in [6, 6.07) is 13.3. The van der Waals surface area contributed by atoms with E-state index in [1.54, 1.807) is 30.2 Å². The first kappa shape index (κ1) is 34.1. The van der Waals surface area contributed by atoms with E-state index in [0.717, 1.165) is 55.0 Å². The summed E-state index contributed by atoms with van der Waals surface area (Å²) in [7, 11) is 1.64. The van der Waals surface area contributed by atoms with E-state index in [0.29, 0.717) is 24.2 Å². The maximum Gasteiger partial charge on any atom is 0.253 e. The average molecular weight is 622 g/mol. The summed E-state index contributed by atoms with van der Waals surface area (Å²) < 4.78 is 33.5. The summed E-state index contributed by atoms with van der Waals surface area (Å²) in [6.07, 6.45) is 3.34. The van der Waals surface area contributed by atoms with Crippen LogP contribution in [0.2, 0.25) is 0 Å². The van der Waals surface area contributed by atoms with Crippen molar-refractivity contribution in [1.82, 2.24) is 15.5 Å². The number of aryl methyl sites for hydroxylation is 2. The Kier molecular flexibility index (Phi) is 12.1. The summed E-state index contributed by atoms with van der Waals surface area (Å²) in [6.45, 7) is 7.22. The van der Waals surface area contributed by atoms with Crippen LogP contribution in [-0.4, -0.2) is 60.7 Å². The van der Waals surface area contributed by atoms with Crippen LogP contribution in [0.15, 0.2) is 54.6 Å². The summed E-state index contributed by atoms with van der Waals surface area (Å²) in [5.74, 6) is -1.30. The molecule has 0 fully saturated rings. The normalized spacial score (nSPS) is 15.6. The fourth-order valence-corrected chi connectivity index (χ4v) is 6.13. The second-order valence-corrected chi connectivity index (χ2v) is 11.9. The third-order valence-electron chi connectivity index (χ3n) is 8.26. The van der Waals surface area contributed by atoms with Crippen molar-refractivity contribution in [3.05, 3.63) is 99.6 Å². The number of amides is 2. The number of carbonyl (C=O) groups excluding carboxylic acids is 2. The van der Waals surface area contributed by atoms with E-state index in [1.165, 1.54) is 17.7 Å². The van der Waals surface area contributed by atoms with Crippen LogP contribution >= 0.6 is 0 Å². The molecule has 7 nitrogen and oxygen atoms in total. The average Bonchev–Trinajstić information content (AvgIpc) is 3.01. The Morgan fingerprint density at radius 3 is 2.36 bits per heavy atom. The molecule has 0 bridgehead atoms. The maximum atomic E-state index is 14.1. The van der Waals surface area contributed by atoms with Crippen molar-refractivity contribution in [3.8, 4) is 5.75 Å². The van der Waals surface area contributed by atoms with Gasteiger partial charge in [0.1, 0.15) is 17.4 Å². The number of ether oxygens (including phenoxy) is 1. The Bertz CT molecular complexity index is 1450. The number of nitrogens with zero attached hydrogens (tertiary/aromatic N) is 1. The van der Waals surface area contributed by atoms with Crippen LogP contribution in [0.25, 0.3) is 0 Å². The lowest BCUT2D eigenvalue weighted by Gasteiger charge is -2.30. The summed E-state index contributed by atoms with van der Waals surface area (Å²) in [5.41, 5.74) is 4.07. The summed E-state index contributed by atoms with van der Waals surface area (Å²) >= 11 is 0. The van der Waals surface area contributed by atoms with Crippen LogP contribution in [0.3, 0.4) is 0 Å². The zero-order valence-electron chi connectivity index (χ0n) is 26.7. The molecule has 9 heteroatoms. The number of aliphatic hydroxyl groups is 1. The summed E-state index contributed by atoms with van der Waals surface area (Å²) in [5, 5.41) is 17.8. The van der Waals surface area contributed by atoms with Gasteiger partial charge >= 0.3 is 0 Å². The van der Waals surface area contributed by atoms with Crippen LogP contribution in [0.4, 0.5) is 8.78 Å². The van der Waals surface area contributed by atoms with E-state index in [-0.39, 0.29) is 30.5 Å². The molecule has 0 spiro atoms. The largest absolute Gasteiger partial charge is 0.497 e. The van der Waals surface area contributed by atoms with E-state index in [4.69, 9.17) is 4.74 Å². The minimum absolute atomic E-state index is 0.0000996. The molecular weight excluding hydrogens is 576 g/mol. The third kappa shape index (κ3) is 9.11. The number of carbonyl (C=O) groups is 2. The Labute approximate surface area is 265 Å². The van der Waals surface area contributed by atoms with Gasteiger partial charge in [0, 0.05) is 42.9 Å². The molecule has 45 heavy (non-hydrogen) atoms. The molecule has 4 rings (SSSR count). The molecule has 0 saturated heterocycles. The van der Waals surface area contributed by atoms with E-state index >= 15 is 0 Å². The van der Waals surface area contributed by atoms with Gasteiger partial charge in [0.2, 0.25) is 0 Å². The Morgan fingerprint density at radius 1 is 1.00 bits per heavy atom. The molecular formula is C36H45F2N3O4. The van der Waals surface area contributed by atoms with Crippen molar-refractivity contribution in [2.45, 2.75) is 77.5 Å². The van der Waals surface area contributed by atoms with E-state index < -0.39 is 29.7 Å². The van der Waals surface area contributed by atoms with Crippen molar-refractivity contribution < 1.29 is 28.2 Å². The van der Waals surface area contributed by atoms with Crippen molar-refractivity contribution in [2.24, 2.45) is 0 Å². The van der Waals surface area contributed by atoms with Gasteiger partial charge in [-0.3, -0.25) is 9.59 Å². The smallest absolute Gasteiger partial charge is 0.253 e. The SMILES string of the molecule is CCCN(CCC)C(=O)c1cc(C)cc(C(=O)NC(Cc2cc(F)cc(F)c2)C(O)CN[C@@H]2CCCc3cc(OC)ccc32)c1. The van der Waals surface area contributed by atoms with Gasteiger partial charge in [-0.05, 0) is 110 Å². The Morgan fingerprint density at radius 2 is 1.69 bits per heavy atom. The summed E-state index contributed by atoms with van der Waals surface area (Å²) in [4.78, 5) is 28.7. The number of methoxy groups -OCH3 is 1. The van der Waals surface area contributed by atoms with Crippen LogP contribution in [0.5, 0.6) is 5.75 Å². The maximum absolute atomic E-state index is 14.1. The lowest BCUT2D eigenvalue weighted by molar-refractivity contribution is 0.0755. The highest BCUT2D eigenvalue weighted by molar-refractivity contribution is 6.00. The second-order valence-electron chi connectivity index (χ2n) is 11.9. The van der Waals surface area contributed by atoms with Gasteiger partial charge in [0.25, 0.3) is 11.8 Å². The van der Waals surface area contributed by atoms with Crippen molar-refractivity contribution in [1.29, 1.82) is 0 Å². The number of rotatable bonds is 14. The third-order valence-corrected chi connectivity index (χ3v) is 8.26. The van der Waals surface area contributed by atoms with Gasteiger partial charge in [0.05, 0.1) is 19.3 Å². The molecule has 0 aliphatic heterocycles. The van der Waals surface area contributed by atoms with Gasteiger partial charge in [0.15, 0.2) is 0 Å². The predicted octanol–water partition coefficient (Wildman–Crippen LogP) is 5.91. The molecule has 3 aromatic rings. The van der Waals surface area contributed by atoms with E-state index in [2.05, 4.69) is 10.6 Å². The number of halogens is 2. The lowest BCUT2D eigenvalue weighted by atomic mass is 9.87. The number of hydrogen-bond acceptors (Lipinski definition) is 5. The van der Waals surface area contributed by atoms with Gasteiger partial charge in [-0.1, -0.05) is 19.9 Å². The molecule has 3 atom stereocenters. The number of fused-ring (bicyclic) bond motifs is 1.